The molecule has 90 valence electrons. The predicted molar refractivity (Wildman–Crippen MR) is 67.1 cm³/mol. The Balaban J connectivity index is 2.53. The van der Waals surface area contributed by atoms with Crippen molar-refractivity contribution in [1.82, 2.24) is 14.9 Å². The number of imidazole rings is 1. The Hall–Kier alpha value is -1.13. The van der Waals surface area contributed by atoms with Crippen molar-refractivity contribution >= 4 is 0 Å². The van der Waals surface area contributed by atoms with E-state index in [0.29, 0.717) is 6.54 Å². The molecular weight excluding hydrogens is 200 g/mol. The highest BCUT2D eigenvalue weighted by molar-refractivity contribution is 5.06. The molecule has 0 saturated heterocycles. The highest BCUT2D eigenvalue weighted by atomic mass is 15.1. The molecule has 1 rings (SSSR count). The molecule has 0 fully saturated rings. The number of nitrogens with two attached hydrogens (primary N) is 1. The Labute approximate surface area is 97.6 Å². The lowest BCUT2D eigenvalue weighted by Crippen LogP contribution is -2.30. The molecule has 1 heterocycles. The molecular formula is C12H22N4. The van der Waals surface area contributed by atoms with Gasteiger partial charge in [-0.2, -0.15) is 0 Å². The molecule has 1 unspecified atom stereocenters. The summed E-state index contributed by atoms with van der Waals surface area (Å²) in [5, 5.41) is 3.44. The summed E-state index contributed by atoms with van der Waals surface area (Å²) in [5.41, 5.74) is 6.95. The van der Waals surface area contributed by atoms with Gasteiger partial charge in [-0.25, -0.2) is 4.98 Å². The summed E-state index contributed by atoms with van der Waals surface area (Å²) in [5.74, 6) is 0. The molecule has 0 bridgehead atoms. The van der Waals surface area contributed by atoms with E-state index >= 15 is 0 Å². The molecule has 3 N–H and O–H groups in total. The van der Waals surface area contributed by atoms with E-state index in [4.69, 9.17) is 5.73 Å². The van der Waals surface area contributed by atoms with Crippen LogP contribution in [0.15, 0.2) is 24.7 Å². The van der Waals surface area contributed by atoms with Gasteiger partial charge >= 0.3 is 0 Å². The third kappa shape index (κ3) is 3.47. The number of hydrogen-bond acceptors (Lipinski definition) is 3. The van der Waals surface area contributed by atoms with Crippen LogP contribution in [0, 0.1) is 0 Å². The summed E-state index contributed by atoms with van der Waals surface area (Å²) in [4.78, 5) is 4.16. The molecule has 16 heavy (non-hydrogen) atoms. The van der Waals surface area contributed by atoms with E-state index in [-0.39, 0.29) is 6.04 Å². The van der Waals surface area contributed by atoms with Gasteiger partial charge in [0.15, 0.2) is 0 Å². The van der Waals surface area contributed by atoms with Crippen LogP contribution in [0.25, 0.3) is 0 Å². The monoisotopic (exact) mass is 222 g/mol. The second kappa shape index (κ2) is 7.19. The van der Waals surface area contributed by atoms with Gasteiger partial charge in [-0.15, -0.1) is 0 Å². The quantitative estimate of drug-likeness (QED) is 0.542. The van der Waals surface area contributed by atoms with Crippen molar-refractivity contribution in [2.75, 3.05) is 13.1 Å². The normalized spacial score (nSPS) is 13.4. The van der Waals surface area contributed by atoms with E-state index < -0.39 is 0 Å². The minimum absolute atomic E-state index is 0.202. The zero-order valence-electron chi connectivity index (χ0n) is 10.2. The lowest BCUT2D eigenvalue weighted by atomic mass is 10.2. The van der Waals surface area contributed by atoms with Gasteiger partial charge in [-0.05, 0) is 26.8 Å². The number of aryl methyl sites for hydroxylation is 1. The number of allylic oxidation sites excluding steroid dienone is 1. The predicted octanol–water partition coefficient (Wildman–Crippen LogP) is 1.46. The lowest BCUT2D eigenvalue weighted by molar-refractivity contribution is 0.511. The summed E-state index contributed by atoms with van der Waals surface area (Å²) < 4.78 is 2.13. The first-order valence-electron chi connectivity index (χ1n) is 5.88. The number of aromatic nitrogens is 2. The Morgan fingerprint density at radius 1 is 1.62 bits per heavy atom. The van der Waals surface area contributed by atoms with E-state index in [9.17, 15) is 0 Å². The zero-order chi connectivity index (χ0) is 11.8. The number of hydrogen-bond donors (Lipinski definition) is 2. The van der Waals surface area contributed by atoms with Crippen LogP contribution >= 0.6 is 0 Å². The van der Waals surface area contributed by atoms with Gasteiger partial charge in [0.2, 0.25) is 0 Å². The van der Waals surface area contributed by atoms with Crippen molar-refractivity contribution in [1.29, 1.82) is 0 Å². The van der Waals surface area contributed by atoms with E-state index in [1.54, 1.807) is 0 Å². The fourth-order valence-electron chi connectivity index (χ4n) is 1.70. The Kier molecular flexibility index (Phi) is 5.82. The highest BCUT2D eigenvalue weighted by Gasteiger charge is 2.12. The Bertz CT molecular complexity index is 317. The van der Waals surface area contributed by atoms with Crippen molar-refractivity contribution in [3.63, 3.8) is 0 Å². The van der Waals surface area contributed by atoms with Crippen molar-refractivity contribution in [3.8, 4) is 0 Å². The van der Waals surface area contributed by atoms with Crippen molar-refractivity contribution < 1.29 is 0 Å². The summed E-state index contributed by atoms with van der Waals surface area (Å²) in [7, 11) is 0. The van der Waals surface area contributed by atoms with Crippen molar-refractivity contribution in [3.05, 3.63) is 30.4 Å². The maximum absolute atomic E-state index is 5.78. The van der Waals surface area contributed by atoms with Gasteiger partial charge < -0.3 is 15.6 Å². The minimum Gasteiger partial charge on any atom is -0.333 e. The largest absolute Gasteiger partial charge is 0.333 e. The smallest absolute Gasteiger partial charge is 0.0948 e. The first-order chi connectivity index (χ1) is 7.83. The van der Waals surface area contributed by atoms with Gasteiger partial charge in [0.25, 0.3) is 0 Å². The molecule has 0 amide bonds. The Morgan fingerprint density at radius 3 is 3.06 bits per heavy atom. The molecule has 4 nitrogen and oxygen atoms in total. The van der Waals surface area contributed by atoms with Crippen LogP contribution in [0.4, 0.5) is 0 Å². The number of rotatable bonds is 7. The zero-order valence-corrected chi connectivity index (χ0v) is 10.2. The molecule has 1 aromatic heterocycles. The van der Waals surface area contributed by atoms with Crippen LogP contribution in [0.3, 0.4) is 0 Å². The van der Waals surface area contributed by atoms with E-state index in [1.807, 2.05) is 19.4 Å². The van der Waals surface area contributed by atoms with E-state index in [2.05, 4.69) is 33.9 Å². The molecule has 0 aliphatic rings. The van der Waals surface area contributed by atoms with Crippen LogP contribution in [0.1, 0.15) is 32.0 Å². The average molecular weight is 222 g/mol. The van der Waals surface area contributed by atoms with Crippen LogP contribution in [0.5, 0.6) is 0 Å². The van der Waals surface area contributed by atoms with Gasteiger partial charge in [0, 0.05) is 19.3 Å². The summed E-state index contributed by atoms with van der Waals surface area (Å²) >= 11 is 0. The second-order valence-corrected chi connectivity index (χ2v) is 3.70. The maximum atomic E-state index is 5.78. The molecule has 0 aliphatic carbocycles. The molecule has 0 radical (unpaired) electrons. The van der Waals surface area contributed by atoms with E-state index in [1.165, 1.54) is 5.69 Å². The number of nitrogens with one attached hydrogen (secondary N) is 1. The molecule has 4 heteroatoms. The van der Waals surface area contributed by atoms with Crippen molar-refractivity contribution in [2.24, 2.45) is 5.73 Å². The molecule has 0 aliphatic heterocycles. The molecule has 0 saturated carbocycles. The van der Waals surface area contributed by atoms with Crippen LogP contribution in [-0.2, 0) is 6.54 Å². The summed E-state index contributed by atoms with van der Waals surface area (Å²) in [6.45, 7) is 6.62. The van der Waals surface area contributed by atoms with Crippen LogP contribution in [0.2, 0.25) is 0 Å². The molecule has 1 atom stereocenters. The summed E-state index contributed by atoms with van der Waals surface area (Å²) in [6.07, 6.45) is 9.00. The highest BCUT2D eigenvalue weighted by Crippen LogP contribution is 2.10. The maximum Gasteiger partial charge on any atom is 0.0948 e. The first kappa shape index (κ1) is 12.9. The molecule has 1 aromatic rings. The SMILES string of the molecule is C/C=C/CCNC(CN)c1cncn1CC. The summed E-state index contributed by atoms with van der Waals surface area (Å²) in [6, 6.07) is 0.202. The topological polar surface area (TPSA) is 55.9 Å². The third-order valence-corrected chi connectivity index (χ3v) is 2.62. The van der Waals surface area contributed by atoms with Gasteiger partial charge in [-0.1, -0.05) is 12.2 Å². The minimum atomic E-state index is 0.202. The average Bonchev–Trinajstić information content (AvgIpc) is 2.77. The van der Waals surface area contributed by atoms with Gasteiger partial charge in [0.05, 0.1) is 18.1 Å². The third-order valence-electron chi connectivity index (χ3n) is 2.62. The van der Waals surface area contributed by atoms with Gasteiger partial charge in [-0.3, -0.25) is 0 Å². The van der Waals surface area contributed by atoms with Crippen LogP contribution < -0.4 is 11.1 Å². The van der Waals surface area contributed by atoms with E-state index in [0.717, 1.165) is 19.5 Å². The standard InChI is InChI=1S/C12H22N4/c1-3-5-6-7-15-11(8-13)12-9-14-10-16(12)4-2/h3,5,9-11,15H,4,6-8,13H2,1-2H3/b5-3+. The lowest BCUT2D eigenvalue weighted by Gasteiger charge is -2.17. The van der Waals surface area contributed by atoms with Crippen molar-refractivity contribution in [2.45, 2.75) is 32.9 Å². The fraction of sp³-hybridized carbons (Fsp3) is 0.583. The first-order valence-corrected chi connectivity index (χ1v) is 5.88. The second-order valence-electron chi connectivity index (χ2n) is 3.70. The molecule has 0 spiro atoms. The fourth-order valence-corrected chi connectivity index (χ4v) is 1.70. The van der Waals surface area contributed by atoms with Crippen LogP contribution in [-0.4, -0.2) is 22.6 Å². The Morgan fingerprint density at radius 2 is 2.44 bits per heavy atom. The van der Waals surface area contributed by atoms with Gasteiger partial charge in [0.1, 0.15) is 0 Å². The number of nitrogens with zero attached hydrogens (tertiary/aromatic N) is 2. The molecule has 0 aromatic carbocycles.